The molecule has 7 heteroatoms. The Hall–Kier alpha value is -1.76. The predicted molar refractivity (Wildman–Crippen MR) is 69.6 cm³/mol. The first-order valence-corrected chi connectivity index (χ1v) is 6.22. The number of rotatable bonds is 5. The van der Waals surface area contributed by atoms with Crippen LogP contribution in [0.15, 0.2) is 18.2 Å². The number of hydrogen-bond donors (Lipinski definition) is 1. The van der Waals surface area contributed by atoms with Crippen molar-refractivity contribution in [3.05, 3.63) is 29.3 Å². The molecule has 0 amide bonds. The second kappa shape index (κ2) is 6.34. The average Bonchev–Trinajstić information content (AvgIpc) is 2.32. The Bertz CT molecular complexity index is 504. The summed E-state index contributed by atoms with van der Waals surface area (Å²) in [5, 5.41) is 8.74. The molecule has 1 rings (SSSR count). The molecule has 0 radical (unpaired) electrons. The molecule has 0 atom stereocenters. The van der Waals surface area contributed by atoms with Gasteiger partial charge in [0, 0.05) is 0 Å². The first-order valence-electron chi connectivity index (χ1n) is 6.22. The summed E-state index contributed by atoms with van der Waals surface area (Å²) in [5.41, 5.74) is -1.97. The molecule has 0 aliphatic rings. The van der Waals surface area contributed by atoms with Gasteiger partial charge in [-0.1, -0.05) is 0 Å². The lowest BCUT2D eigenvalue weighted by Gasteiger charge is -2.20. The van der Waals surface area contributed by atoms with Crippen molar-refractivity contribution in [3.63, 3.8) is 0 Å². The SMILES string of the molecule is CC(C)(C)OCCOc1ccc(C(=O)O)cc1C(F)(F)F. The number of carboxylic acid groups (broad SMARTS) is 1. The highest BCUT2D eigenvalue weighted by molar-refractivity contribution is 5.88. The van der Waals surface area contributed by atoms with Gasteiger partial charge in [-0.05, 0) is 39.0 Å². The zero-order valence-corrected chi connectivity index (χ0v) is 12.0. The average molecular weight is 306 g/mol. The van der Waals surface area contributed by atoms with Crippen molar-refractivity contribution in [2.24, 2.45) is 0 Å². The van der Waals surface area contributed by atoms with Crippen LogP contribution in [0.25, 0.3) is 0 Å². The van der Waals surface area contributed by atoms with Gasteiger partial charge >= 0.3 is 12.1 Å². The molecule has 0 unspecified atom stereocenters. The van der Waals surface area contributed by atoms with Gasteiger partial charge in [0.2, 0.25) is 0 Å². The molecule has 0 aliphatic carbocycles. The van der Waals surface area contributed by atoms with E-state index in [1.165, 1.54) is 0 Å². The second-order valence-corrected chi connectivity index (χ2v) is 5.32. The first kappa shape index (κ1) is 17.3. The maximum atomic E-state index is 12.9. The summed E-state index contributed by atoms with van der Waals surface area (Å²) in [6.45, 7) is 5.51. The zero-order valence-electron chi connectivity index (χ0n) is 12.0. The van der Waals surface area contributed by atoms with Crippen LogP contribution >= 0.6 is 0 Å². The molecule has 0 spiro atoms. The van der Waals surface area contributed by atoms with E-state index in [-0.39, 0.29) is 13.2 Å². The molecule has 0 saturated carbocycles. The van der Waals surface area contributed by atoms with Gasteiger partial charge in [0.05, 0.1) is 23.3 Å². The fourth-order valence-corrected chi connectivity index (χ4v) is 1.51. The number of hydrogen-bond acceptors (Lipinski definition) is 3. The maximum Gasteiger partial charge on any atom is 0.419 e. The van der Waals surface area contributed by atoms with Gasteiger partial charge in [0.25, 0.3) is 0 Å². The summed E-state index contributed by atoms with van der Waals surface area (Å²) in [5.74, 6) is -1.84. The highest BCUT2D eigenvalue weighted by Crippen LogP contribution is 2.36. The fourth-order valence-electron chi connectivity index (χ4n) is 1.51. The summed E-state index contributed by atoms with van der Waals surface area (Å²) in [6.07, 6.45) is -4.69. The largest absolute Gasteiger partial charge is 0.491 e. The minimum Gasteiger partial charge on any atom is -0.491 e. The highest BCUT2D eigenvalue weighted by atomic mass is 19.4. The van der Waals surface area contributed by atoms with E-state index in [1.807, 2.05) is 20.8 Å². The van der Waals surface area contributed by atoms with Gasteiger partial charge in [0.1, 0.15) is 12.4 Å². The molecular formula is C14H17F3O4. The fraction of sp³-hybridized carbons (Fsp3) is 0.500. The van der Waals surface area contributed by atoms with Crippen molar-refractivity contribution >= 4 is 5.97 Å². The Morgan fingerprint density at radius 1 is 1.19 bits per heavy atom. The molecular weight excluding hydrogens is 289 g/mol. The zero-order chi connectivity index (χ0) is 16.3. The van der Waals surface area contributed by atoms with Crippen LogP contribution in [0.4, 0.5) is 13.2 Å². The number of ether oxygens (including phenoxy) is 2. The number of benzene rings is 1. The summed E-state index contributed by atoms with van der Waals surface area (Å²) < 4.78 is 49.1. The van der Waals surface area contributed by atoms with Crippen molar-refractivity contribution in [2.75, 3.05) is 13.2 Å². The van der Waals surface area contributed by atoms with Crippen molar-refractivity contribution < 1.29 is 32.5 Å². The Kier molecular flexibility index (Phi) is 5.22. The van der Waals surface area contributed by atoms with Gasteiger partial charge in [-0.15, -0.1) is 0 Å². The Balaban J connectivity index is 2.84. The first-order chi connectivity index (χ1) is 9.50. The van der Waals surface area contributed by atoms with Crippen molar-refractivity contribution in [1.82, 2.24) is 0 Å². The van der Waals surface area contributed by atoms with Crippen LogP contribution in [0.3, 0.4) is 0 Å². The standard InChI is InChI=1S/C14H17F3O4/c1-13(2,3)21-7-6-20-11-5-4-9(12(18)19)8-10(11)14(15,16)17/h4-5,8H,6-7H2,1-3H3,(H,18,19). The monoisotopic (exact) mass is 306 g/mol. The van der Waals surface area contributed by atoms with Gasteiger partial charge in [0.15, 0.2) is 0 Å². The number of aromatic carboxylic acids is 1. The molecule has 0 heterocycles. The Morgan fingerprint density at radius 2 is 1.81 bits per heavy atom. The van der Waals surface area contributed by atoms with Crippen molar-refractivity contribution in [1.29, 1.82) is 0 Å². The number of carboxylic acids is 1. The summed E-state index contributed by atoms with van der Waals surface area (Å²) in [6, 6.07) is 2.63. The van der Waals surface area contributed by atoms with Crippen LogP contribution < -0.4 is 4.74 Å². The lowest BCUT2D eigenvalue weighted by Crippen LogP contribution is -2.23. The molecule has 1 aromatic rings. The van der Waals surface area contributed by atoms with E-state index in [0.29, 0.717) is 6.07 Å². The smallest absolute Gasteiger partial charge is 0.419 e. The molecule has 1 aromatic carbocycles. The van der Waals surface area contributed by atoms with Crippen molar-refractivity contribution in [3.8, 4) is 5.75 Å². The molecule has 118 valence electrons. The summed E-state index contributed by atoms with van der Waals surface area (Å²) >= 11 is 0. The molecule has 0 fully saturated rings. The maximum absolute atomic E-state index is 12.9. The van der Waals surface area contributed by atoms with Crippen LogP contribution in [0.2, 0.25) is 0 Å². The minimum absolute atomic E-state index is 0.0627. The van der Waals surface area contributed by atoms with Gasteiger partial charge in [-0.2, -0.15) is 13.2 Å². The van der Waals surface area contributed by atoms with Crippen LogP contribution in [-0.4, -0.2) is 29.9 Å². The third-order valence-corrected chi connectivity index (χ3v) is 2.41. The van der Waals surface area contributed by atoms with Crippen LogP contribution in [0, 0.1) is 0 Å². The van der Waals surface area contributed by atoms with E-state index in [0.717, 1.165) is 12.1 Å². The van der Waals surface area contributed by atoms with E-state index >= 15 is 0 Å². The van der Waals surface area contributed by atoms with Crippen LogP contribution in [0.1, 0.15) is 36.7 Å². The van der Waals surface area contributed by atoms with Gasteiger partial charge < -0.3 is 14.6 Å². The number of alkyl halides is 3. The minimum atomic E-state index is -4.69. The van der Waals surface area contributed by atoms with E-state index in [2.05, 4.69) is 0 Å². The third kappa shape index (κ3) is 5.63. The second-order valence-electron chi connectivity index (χ2n) is 5.32. The Labute approximate surface area is 120 Å². The topological polar surface area (TPSA) is 55.8 Å². The van der Waals surface area contributed by atoms with Gasteiger partial charge in [-0.3, -0.25) is 0 Å². The van der Waals surface area contributed by atoms with E-state index in [1.54, 1.807) is 0 Å². The molecule has 0 aliphatic heterocycles. The normalized spacial score (nSPS) is 12.3. The Morgan fingerprint density at radius 3 is 2.29 bits per heavy atom. The summed E-state index contributed by atoms with van der Waals surface area (Å²) in [4.78, 5) is 10.7. The number of carbonyl (C=O) groups is 1. The molecule has 0 bridgehead atoms. The predicted octanol–water partition coefficient (Wildman–Crippen LogP) is 3.60. The van der Waals surface area contributed by atoms with Crippen molar-refractivity contribution in [2.45, 2.75) is 32.5 Å². The molecule has 0 saturated heterocycles. The number of halogens is 3. The van der Waals surface area contributed by atoms with Crippen LogP contribution in [0.5, 0.6) is 5.75 Å². The lowest BCUT2D eigenvalue weighted by atomic mass is 10.1. The van der Waals surface area contributed by atoms with Gasteiger partial charge in [-0.25, -0.2) is 4.79 Å². The van der Waals surface area contributed by atoms with E-state index in [9.17, 15) is 18.0 Å². The summed E-state index contributed by atoms with van der Waals surface area (Å²) in [7, 11) is 0. The lowest BCUT2D eigenvalue weighted by molar-refractivity contribution is -0.139. The highest BCUT2D eigenvalue weighted by Gasteiger charge is 2.35. The van der Waals surface area contributed by atoms with Crippen LogP contribution in [-0.2, 0) is 10.9 Å². The quantitative estimate of drug-likeness (QED) is 0.845. The molecule has 0 aromatic heterocycles. The molecule has 4 nitrogen and oxygen atoms in total. The third-order valence-electron chi connectivity index (χ3n) is 2.41. The molecule has 21 heavy (non-hydrogen) atoms. The van der Waals surface area contributed by atoms with E-state index in [4.69, 9.17) is 14.6 Å². The van der Waals surface area contributed by atoms with E-state index < -0.39 is 34.6 Å². The molecule has 1 N–H and O–H groups in total.